The van der Waals surface area contributed by atoms with Crippen molar-refractivity contribution in [3.63, 3.8) is 0 Å². The third-order valence-electron chi connectivity index (χ3n) is 2.53. The number of ether oxygens (including phenoxy) is 2. The number of nitrogens with zero attached hydrogens (tertiary/aromatic N) is 2. The van der Waals surface area contributed by atoms with E-state index in [1.165, 1.54) is 0 Å². The van der Waals surface area contributed by atoms with Crippen LogP contribution in [0, 0.1) is 0 Å². The Hall–Kier alpha value is -1.40. The fraction of sp³-hybridized carbons (Fsp3) is 0.667. The molecule has 0 bridgehead atoms. The molecule has 1 aromatic heterocycles. The van der Waals surface area contributed by atoms with E-state index in [2.05, 4.69) is 10.3 Å². The predicted octanol–water partition coefficient (Wildman–Crippen LogP) is 1.03. The zero-order valence-corrected chi connectivity index (χ0v) is 11.6. The summed E-state index contributed by atoms with van der Waals surface area (Å²) in [4.78, 5) is 16.2. The minimum absolute atomic E-state index is 0.157. The molecule has 18 heavy (non-hydrogen) atoms. The molecule has 0 saturated heterocycles. The third-order valence-corrected chi connectivity index (χ3v) is 2.53. The Morgan fingerprint density at radius 1 is 1.39 bits per heavy atom. The molecule has 0 spiro atoms. The van der Waals surface area contributed by atoms with Gasteiger partial charge in [0.2, 0.25) is 0 Å². The number of aromatic nitrogens is 2. The highest BCUT2D eigenvalue weighted by atomic mass is 16.7. The van der Waals surface area contributed by atoms with E-state index in [1.54, 1.807) is 31.2 Å². The first-order chi connectivity index (χ1) is 8.40. The molecule has 0 fully saturated rings. The predicted molar refractivity (Wildman–Crippen MR) is 69.8 cm³/mol. The molecule has 0 unspecified atom stereocenters. The van der Waals surface area contributed by atoms with E-state index in [0.717, 1.165) is 0 Å². The number of hydrogen-bond donors (Lipinski definition) is 1. The Morgan fingerprint density at radius 2 is 2.00 bits per heavy atom. The number of nitrogens with one attached hydrogen (secondary N) is 1. The smallest absolute Gasteiger partial charge is 0.293 e. The van der Waals surface area contributed by atoms with Crippen molar-refractivity contribution in [3.05, 3.63) is 22.7 Å². The molecule has 0 radical (unpaired) electrons. The Morgan fingerprint density at radius 3 is 2.50 bits per heavy atom. The minimum Gasteiger partial charge on any atom is -0.360 e. The van der Waals surface area contributed by atoms with E-state index in [9.17, 15) is 4.79 Å². The summed E-state index contributed by atoms with van der Waals surface area (Å²) in [6, 6.07) is 0. The molecule has 1 aromatic rings. The van der Waals surface area contributed by atoms with Crippen LogP contribution < -0.4 is 10.9 Å². The van der Waals surface area contributed by atoms with E-state index in [0.29, 0.717) is 12.4 Å². The lowest BCUT2D eigenvalue weighted by Crippen LogP contribution is -2.36. The molecule has 6 heteroatoms. The Labute approximate surface area is 107 Å². The molecule has 0 amide bonds. The first kappa shape index (κ1) is 14.7. The van der Waals surface area contributed by atoms with Crippen molar-refractivity contribution < 1.29 is 9.47 Å². The largest absolute Gasteiger partial charge is 0.360 e. The molecule has 1 rings (SSSR count). The van der Waals surface area contributed by atoms with Crippen molar-refractivity contribution in [2.24, 2.45) is 0 Å². The van der Waals surface area contributed by atoms with Gasteiger partial charge in [-0.05, 0) is 20.8 Å². The van der Waals surface area contributed by atoms with Gasteiger partial charge in [0.1, 0.15) is 0 Å². The molecule has 0 aliphatic heterocycles. The lowest BCUT2D eigenvalue weighted by molar-refractivity contribution is -0.0914. The van der Waals surface area contributed by atoms with Gasteiger partial charge in [0.15, 0.2) is 12.1 Å². The SMILES string of the molecule is COC(CNc1nccn(C(C)(C)C)c1=O)OC. The maximum Gasteiger partial charge on any atom is 0.293 e. The number of hydrogen-bond acceptors (Lipinski definition) is 5. The molecule has 1 N–H and O–H groups in total. The van der Waals surface area contributed by atoms with Gasteiger partial charge in [0, 0.05) is 32.2 Å². The van der Waals surface area contributed by atoms with Crippen LogP contribution in [-0.2, 0) is 15.0 Å². The minimum atomic E-state index is -0.408. The fourth-order valence-corrected chi connectivity index (χ4v) is 1.50. The summed E-state index contributed by atoms with van der Waals surface area (Å²) in [7, 11) is 3.09. The second-order valence-corrected chi connectivity index (χ2v) is 4.90. The summed E-state index contributed by atoms with van der Waals surface area (Å²) in [6.45, 7) is 6.26. The lowest BCUT2D eigenvalue weighted by Gasteiger charge is -2.22. The molecule has 0 saturated carbocycles. The molecular formula is C12H21N3O3. The van der Waals surface area contributed by atoms with Gasteiger partial charge >= 0.3 is 0 Å². The summed E-state index contributed by atoms with van der Waals surface area (Å²) < 4.78 is 11.7. The van der Waals surface area contributed by atoms with Crippen LogP contribution in [0.5, 0.6) is 0 Å². The number of methoxy groups -OCH3 is 2. The van der Waals surface area contributed by atoms with E-state index >= 15 is 0 Å². The molecule has 6 nitrogen and oxygen atoms in total. The molecule has 0 atom stereocenters. The maximum atomic E-state index is 12.2. The monoisotopic (exact) mass is 255 g/mol. The summed E-state index contributed by atoms with van der Waals surface area (Å²) in [5, 5.41) is 2.93. The van der Waals surface area contributed by atoms with E-state index in [-0.39, 0.29) is 11.1 Å². The van der Waals surface area contributed by atoms with E-state index < -0.39 is 6.29 Å². The van der Waals surface area contributed by atoms with Crippen LogP contribution >= 0.6 is 0 Å². The quantitative estimate of drug-likeness (QED) is 0.796. The highest BCUT2D eigenvalue weighted by Gasteiger charge is 2.17. The second-order valence-electron chi connectivity index (χ2n) is 4.90. The summed E-state index contributed by atoms with van der Waals surface area (Å²) in [5.74, 6) is 0.298. The lowest BCUT2D eigenvalue weighted by atomic mass is 10.1. The normalized spacial score (nSPS) is 11.9. The Balaban J connectivity index is 2.89. The van der Waals surface area contributed by atoms with Crippen molar-refractivity contribution in [2.75, 3.05) is 26.1 Å². The van der Waals surface area contributed by atoms with Crippen molar-refractivity contribution in [3.8, 4) is 0 Å². The number of rotatable bonds is 5. The second kappa shape index (κ2) is 5.97. The first-order valence-electron chi connectivity index (χ1n) is 5.77. The van der Waals surface area contributed by atoms with Gasteiger partial charge in [-0.3, -0.25) is 4.79 Å². The topological polar surface area (TPSA) is 65.4 Å². The molecule has 1 heterocycles. The zero-order valence-electron chi connectivity index (χ0n) is 11.6. The molecule has 102 valence electrons. The highest BCUT2D eigenvalue weighted by Crippen LogP contribution is 2.10. The van der Waals surface area contributed by atoms with Gasteiger partial charge in [-0.15, -0.1) is 0 Å². The highest BCUT2D eigenvalue weighted by molar-refractivity contribution is 5.31. The van der Waals surface area contributed by atoms with Gasteiger partial charge in [-0.25, -0.2) is 4.98 Å². The number of anilines is 1. The molecule has 0 aliphatic carbocycles. The van der Waals surface area contributed by atoms with Crippen molar-refractivity contribution in [2.45, 2.75) is 32.6 Å². The summed E-state index contributed by atoms with van der Waals surface area (Å²) in [5.41, 5.74) is -0.436. The van der Waals surface area contributed by atoms with Crippen molar-refractivity contribution in [1.82, 2.24) is 9.55 Å². The average Bonchev–Trinajstić information content (AvgIpc) is 2.30. The van der Waals surface area contributed by atoms with Gasteiger partial charge < -0.3 is 19.4 Å². The van der Waals surface area contributed by atoms with Gasteiger partial charge in [-0.1, -0.05) is 0 Å². The van der Waals surface area contributed by atoms with Crippen molar-refractivity contribution >= 4 is 5.82 Å². The third kappa shape index (κ3) is 3.54. The van der Waals surface area contributed by atoms with Crippen molar-refractivity contribution in [1.29, 1.82) is 0 Å². The van der Waals surface area contributed by atoms with Gasteiger partial charge in [0.25, 0.3) is 5.56 Å². The molecular weight excluding hydrogens is 234 g/mol. The van der Waals surface area contributed by atoms with E-state index in [1.807, 2.05) is 20.8 Å². The average molecular weight is 255 g/mol. The van der Waals surface area contributed by atoms with Crippen LogP contribution in [0.1, 0.15) is 20.8 Å². The van der Waals surface area contributed by atoms with Gasteiger partial charge in [-0.2, -0.15) is 0 Å². The first-order valence-corrected chi connectivity index (χ1v) is 5.77. The zero-order chi connectivity index (χ0) is 13.8. The Kier molecular flexibility index (Phi) is 4.86. The van der Waals surface area contributed by atoms with Crippen LogP contribution in [-0.4, -0.2) is 36.6 Å². The molecule has 0 aromatic carbocycles. The maximum absolute atomic E-state index is 12.2. The summed E-state index contributed by atoms with van der Waals surface area (Å²) in [6.07, 6.45) is 2.87. The Bertz CT molecular complexity index is 433. The van der Waals surface area contributed by atoms with Gasteiger partial charge in [0.05, 0.1) is 6.54 Å². The van der Waals surface area contributed by atoms with Crippen LogP contribution in [0.2, 0.25) is 0 Å². The fourth-order valence-electron chi connectivity index (χ4n) is 1.50. The van der Waals surface area contributed by atoms with Crippen LogP contribution in [0.25, 0.3) is 0 Å². The molecule has 0 aliphatic rings. The summed E-state index contributed by atoms with van der Waals surface area (Å²) >= 11 is 0. The van der Waals surface area contributed by atoms with Crippen LogP contribution in [0.15, 0.2) is 17.2 Å². The standard InChI is InChI=1S/C12H21N3O3/c1-12(2,3)15-7-6-13-10(11(15)16)14-8-9(17-4)18-5/h6-7,9H,8H2,1-5H3,(H,13,14). The van der Waals surface area contributed by atoms with E-state index in [4.69, 9.17) is 9.47 Å². The van der Waals surface area contributed by atoms with Crippen LogP contribution in [0.3, 0.4) is 0 Å². The van der Waals surface area contributed by atoms with Crippen LogP contribution in [0.4, 0.5) is 5.82 Å².